The minimum Gasteiger partial charge on any atom is -0.488 e. The molecule has 0 radical (unpaired) electrons. The first kappa shape index (κ1) is 20.3. The van der Waals surface area contributed by atoms with Crippen LogP contribution in [0.15, 0.2) is 42.5 Å². The summed E-state index contributed by atoms with van der Waals surface area (Å²) in [5, 5.41) is 5.03. The van der Waals surface area contributed by atoms with E-state index in [2.05, 4.69) is 10.6 Å². The average Bonchev–Trinajstić information content (AvgIpc) is 2.60. The minimum absolute atomic E-state index is 0.0254. The van der Waals surface area contributed by atoms with Crippen molar-refractivity contribution in [3.8, 4) is 5.75 Å². The number of para-hydroxylation sites is 1. The molecule has 144 valence electrons. The van der Waals surface area contributed by atoms with E-state index in [1.807, 2.05) is 0 Å². The van der Waals surface area contributed by atoms with Crippen LogP contribution < -0.4 is 15.4 Å². The highest BCUT2D eigenvalue weighted by atomic mass is 19.1. The van der Waals surface area contributed by atoms with Crippen LogP contribution in [0.4, 0.5) is 13.2 Å². The summed E-state index contributed by atoms with van der Waals surface area (Å²) in [7, 11) is 0. The Bertz CT molecular complexity index is 815. The van der Waals surface area contributed by atoms with E-state index in [1.165, 1.54) is 12.1 Å². The van der Waals surface area contributed by atoms with Crippen molar-refractivity contribution in [1.82, 2.24) is 10.6 Å². The van der Waals surface area contributed by atoms with E-state index in [4.69, 9.17) is 4.74 Å². The maximum atomic E-state index is 13.5. The normalized spacial score (nSPS) is 11.6. The first-order chi connectivity index (χ1) is 12.9. The maximum absolute atomic E-state index is 13.5. The summed E-state index contributed by atoms with van der Waals surface area (Å²) in [6.45, 7) is 1.73. The topological polar surface area (TPSA) is 67.4 Å². The van der Waals surface area contributed by atoms with Crippen LogP contribution in [0.2, 0.25) is 0 Å². The summed E-state index contributed by atoms with van der Waals surface area (Å²) >= 11 is 0. The van der Waals surface area contributed by atoms with Crippen LogP contribution in [0.5, 0.6) is 5.75 Å². The minimum atomic E-state index is -0.976. The molecule has 0 heterocycles. The van der Waals surface area contributed by atoms with Crippen molar-refractivity contribution in [3.63, 3.8) is 0 Å². The van der Waals surface area contributed by atoms with Crippen LogP contribution in [-0.2, 0) is 4.79 Å². The number of carbonyl (C=O) groups excluding carboxylic acids is 2. The monoisotopic (exact) mass is 380 g/mol. The Morgan fingerprint density at radius 3 is 2.52 bits per heavy atom. The molecule has 2 aromatic carbocycles. The predicted molar refractivity (Wildman–Crippen MR) is 92.8 cm³/mol. The Morgan fingerprint density at radius 1 is 1.07 bits per heavy atom. The zero-order chi connectivity index (χ0) is 19.8. The van der Waals surface area contributed by atoms with Gasteiger partial charge in [-0.25, -0.2) is 13.2 Å². The van der Waals surface area contributed by atoms with Gasteiger partial charge < -0.3 is 15.4 Å². The quantitative estimate of drug-likeness (QED) is 0.740. The van der Waals surface area contributed by atoms with E-state index < -0.39 is 23.4 Å². The van der Waals surface area contributed by atoms with Crippen molar-refractivity contribution in [2.75, 3.05) is 13.2 Å². The number of ether oxygens (including phenoxy) is 1. The molecule has 0 spiro atoms. The molecular weight excluding hydrogens is 361 g/mol. The second-order valence-electron chi connectivity index (χ2n) is 5.84. The Hall–Kier alpha value is -3.03. The highest BCUT2D eigenvalue weighted by molar-refractivity contribution is 5.94. The predicted octanol–water partition coefficient (Wildman–Crippen LogP) is 2.81. The van der Waals surface area contributed by atoms with Crippen molar-refractivity contribution in [2.24, 2.45) is 0 Å². The van der Waals surface area contributed by atoms with Crippen molar-refractivity contribution >= 4 is 11.8 Å². The number of hydrogen-bond acceptors (Lipinski definition) is 3. The highest BCUT2D eigenvalue weighted by Gasteiger charge is 2.13. The van der Waals surface area contributed by atoms with Crippen molar-refractivity contribution in [3.05, 3.63) is 65.5 Å². The van der Waals surface area contributed by atoms with Gasteiger partial charge in [0.15, 0.2) is 11.6 Å². The number of carbonyl (C=O) groups is 2. The molecule has 2 amide bonds. The summed E-state index contributed by atoms with van der Waals surface area (Å²) in [6, 6.07) is 8.15. The molecule has 0 aliphatic rings. The Balaban J connectivity index is 1.71. The van der Waals surface area contributed by atoms with Gasteiger partial charge in [-0.05, 0) is 31.2 Å². The molecule has 0 fully saturated rings. The molecule has 0 saturated heterocycles. The van der Waals surface area contributed by atoms with Crippen LogP contribution in [0.25, 0.3) is 0 Å². The lowest BCUT2D eigenvalue weighted by Gasteiger charge is -2.15. The van der Waals surface area contributed by atoms with Gasteiger partial charge in [0.1, 0.15) is 18.2 Å². The molecule has 0 saturated carbocycles. The third kappa shape index (κ3) is 6.32. The van der Waals surface area contributed by atoms with Crippen LogP contribution in [0.1, 0.15) is 23.7 Å². The number of amides is 2. The second-order valence-corrected chi connectivity index (χ2v) is 5.84. The number of hydrogen-bond donors (Lipinski definition) is 2. The van der Waals surface area contributed by atoms with E-state index in [0.717, 1.165) is 12.1 Å². The van der Waals surface area contributed by atoms with Gasteiger partial charge in [-0.3, -0.25) is 9.59 Å². The summed E-state index contributed by atoms with van der Waals surface area (Å²) in [5.41, 5.74) is -0.302. The van der Waals surface area contributed by atoms with E-state index in [-0.39, 0.29) is 42.8 Å². The van der Waals surface area contributed by atoms with Gasteiger partial charge in [0.05, 0.1) is 11.6 Å². The molecular formula is C19H19F3N2O3. The van der Waals surface area contributed by atoms with Crippen molar-refractivity contribution in [2.45, 2.75) is 19.4 Å². The number of halogens is 3. The number of rotatable bonds is 8. The van der Waals surface area contributed by atoms with Gasteiger partial charge in [0.2, 0.25) is 5.91 Å². The molecule has 8 heteroatoms. The smallest absolute Gasteiger partial charge is 0.254 e. The zero-order valence-corrected chi connectivity index (χ0v) is 14.6. The highest BCUT2D eigenvalue weighted by Crippen LogP contribution is 2.15. The molecule has 5 nitrogen and oxygen atoms in total. The largest absolute Gasteiger partial charge is 0.488 e. The van der Waals surface area contributed by atoms with E-state index >= 15 is 0 Å². The Morgan fingerprint density at radius 2 is 1.81 bits per heavy atom. The van der Waals surface area contributed by atoms with Crippen LogP contribution in [-0.4, -0.2) is 31.0 Å². The third-order valence-electron chi connectivity index (χ3n) is 3.55. The SMILES string of the molecule is CC(COc1ccccc1F)NC(=O)CCNC(=O)c1ccc(F)cc1F. The van der Waals surface area contributed by atoms with E-state index in [9.17, 15) is 22.8 Å². The van der Waals surface area contributed by atoms with Crippen molar-refractivity contribution < 1.29 is 27.5 Å². The van der Waals surface area contributed by atoms with Crippen LogP contribution in [0, 0.1) is 17.5 Å². The lowest BCUT2D eigenvalue weighted by atomic mass is 10.2. The fraction of sp³-hybridized carbons (Fsp3) is 0.263. The third-order valence-corrected chi connectivity index (χ3v) is 3.55. The molecule has 2 rings (SSSR count). The summed E-state index contributed by atoms with van der Waals surface area (Å²) in [4.78, 5) is 23.7. The van der Waals surface area contributed by atoms with Crippen LogP contribution >= 0.6 is 0 Å². The molecule has 27 heavy (non-hydrogen) atoms. The molecule has 0 aliphatic carbocycles. The van der Waals surface area contributed by atoms with Gasteiger partial charge in [-0.15, -0.1) is 0 Å². The first-order valence-electron chi connectivity index (χ1n) is 8.26. The average molecular weight is 380 g/mol. The zero-order valence-electron chi connectivity index (χ0n) is 14.6. The van der Waals surface area contributed by atoms with Crippen LogP contribution in [0.3, 0.4) is 0 Å². The Labute approximate surface area is 154 Å². The lowest BCUT2D eigenvalue weighted by Crippen LogP contribution is -2.38. The summed E-state index contributed by atoms with van der Waals surface area (Å²) in [5.74, 6) is -3.26. The van der Waals surface area contributed by atoms with Gasteiger partial charge in [-0.2, -0.15) is 0 Å². The summed E-state index contributed by atoms with van der Waals surface area (Å²) in [6.07, 6.45) is -0.0431. The summed E-state index contributed by atoms with van der Waals surface area (Å²) < 4.78 is 45.0. The van der Waals surface area contributed by atoms with E-state index in [1.54, 1.807) is 19.1 Å². The van der Waals surface area contributed by atoms with Gasteiger partial charge in [0, 0.05) is 19.0 Å². The number of nitrogens with one attached hydrogen (secondary N) is 2. The standard InChI is InChI=1S/C19H19F3N2O3/c1-12(11-27-17-5-3-2-4-15(17)21)24-18(25)8-9-23-19(26)14-7-6-13(20)10-16(14)22/h2-7,10,12H,8-9,11H2,1H3,(H,23,26)(H,24,25). The first-order valence-corrected chi connectivity index (χ1v) is 8.26. The fourth-order valence-corrected chi connectivity index (χ4v) is 2.22. The molecule has 1 atom stereocenters. The fourth-order valence-electron chi connectivity index (χ4n) is 2.22. The maximum Gasteiger partial charge on any atom is 0.254 e. The molecule has 2 aromatic rings. The molecule has 0 aliphatic heterocycles. The molecule has 2 N–H and O–H groups in total. The van der Waals surface area contributed by atoms with E-state index in [0.29, 0.717) is 6.07 Å². The second kappa shape index (κ2) is 9.61. The van der Waals surface area contributed by atoms with Gasteiger partial charge >= 0.3 is 0 Å². The molecule has 0 bridgehead atoms. The molecule has 0 aromatic heterocycles. The van der Waals surface area contributed by atoms with Gasteiger partial charge in [0.25, 0.3) is 5.91 Å². The lowest BCUT2D eigenvalue weighted by molar-refractivity contribution is -0.121. The van der Waals surface area contributed by atoms with Crippen molar-refractivity contribution in [1.29, 1.82) is 0 Å². The molecule has 1 unspecified atom stereocenters. The number of benzene rings is 2. The van der Waals surface area contributed by atoms with Gasteiger partial charge in [-0.1, -0.05) is 12.1 Å². The Kier molecular flexibility index (Phi) is 7.22.